The second kappa shape index (κ2) is 17.9. The average Bonchev–Trinajstić information content (AvgIpc) is 2.92. The summed E-state index contributed by atoms with van der Waals surface area (Å²) in [5.74, 6) is 5.97. The minimum atomic E-state index is -3.42. The van der Waals surface area contributed by atoms with E-state index in [-0.39, 0.29) is 42.7 Å². The highest BCUT2D eigenvalue weighted by Crippen LogP contribution is 2.28. The maximum Gasteiger partial charge on any atom is 0.296 e. The zero-order chi connectivity index (χ0) is 30.3. The first-order valence-electron chi connectivity index (χ1n) is 14.6. The summed E-state index contributed by atoms with van der Waals surface area (Å²) in [6, 6.07) is 8.62. The third-order valence-corrected chi connectivity index (χ3v) is 9.34. The lowest BCUT2D eigenvalue weighted by molar-refractivity contribution is -0.124. The van der Waals surface area contributed by atoms with Crippen molar-refractivity contribution in [3.05, 3.63) is 35.9 Å². The lowest BCUT2D eigenvalue weighted by Gasteiger charge is -2.31. The van der Waals surface area contributed by atoms with E-state index in [2.05, 4.69) is 28.4 Å². The Bertz CT molecular complexity index is 1160. The minimum Gasteiger partial charge on any atom is -0.389 e. The molecular weight excluding hydrogens is 540 g/mol. The molecular formula is C32H46N2O6S. The summed E-state index contributed by atoms with van der Waals surface area (Å²) < 4.78 is 25.3. The van der Waals surface area contributed by atoms with Gasteiger partial charge in [-0.15, -0.1) is 12.3 Å². The highest BCUT2D eigenvalue weighted by molar-refractivity contribution is 7.91. The number of rotatable bonds is 15. The van der Waals surface area contributed by atoms with E-state index < -0.39 is 39.9 Å². The number of carbonyl (C=O) groups excluding carboxylic acids is 2. The third kappa shape index (κ3) is 13.6. The van der Waals surface area contributed by atoms with Crippen molar-refractivity contribution in [2.75, 3.05) is 18.1 Å². The number of terminal acetylenes is 1. The van der Waals surface area contributed by atoms with Crippen molar-refractivity contribution >= 4 is 21.7 Å². The first-order valence-corrected chi connectivity index (χ1v) is 16.4. The third-order valence-electron chi connectivity index (χ3n) is 7.25. The van der Waals surface area contributed by atoms with Crippen molar-refractivity contribution in [3.8, 4) is 24.2 Å². The van der Waals surface area contributed by atoms with Gasteiger partial charge in [0.15, 0.2) is 9.84 Å². The molecule has 0 radical (unpaired) electrons. The Morgan fingerprint density at radius 1 is 1.07 bits per heavy atom. The van der Waals surface area contributed by atoms with Gasteiger partial charge in [-0.3, -0.25) is 9.59 Å². The minimum absolute atomic E-state index is 0.0162. The van der Waals surface area contributed by atoms with Gasteiger partial charge in [0.2, 0.25) is 5.91 Å². The number of sulfone groups is 1. The van der Waals surface area contributed by atoms with Crippen molar-refractivity contribution in [3.63, 3.8) is 0 Å². The molecule has 1 aliphatic carbocycles. The van der Waals surface area contributed by atoms with Gasteiger partial charge in [0.1, 0.15) is 6.10 Å². The van der Waals surface area contributed by atoms with Crippen molar-refractivity contribution in [1.29, 1.82) is 0 Å². The van der Waals surface area contributed by atoms with E-state index in [1.807, 2.05) is 44.2 Å². The maximum atomic E-state index is 13.0. The van der Waals surface area contributed by atoms with Crippen LogP contribution in [0.1, 0.15) is 70.8 Å². The molecule has 1 aromatic carbocycles. The molecule has 0 aromatic heterocycles. The summed E-state index contributed by atoms with van der Waals surface area (Å²) in [7, 11) is -3.42. The molecule has 1 saturated carbocycles. The molecule has 1 aliphatic rings. The van der Waals surface area contributed by atoms with Crippen LogP contribution in [0, 0.1) is 41.9 Å². The van der Waals surface area contributed by atoms with Crippen molar-refractivity contribution in [2.45, 2.75) is 89.9 Å². The smallest absolute Gasteiger partial charge is 0.296 e. The number of aliphatic hydroxyl groups excluding tert-OH is 2. The van der Waals surface area contributed by atoms with Gasteiger partial charge in [-0.2, -0.15) is 0 Å². The largest absolute Gasteiger partial charge is 0.389 e. The molecule has 8 nitrogen and oxygen atoms in total. The Morgan fingerprint density at radius 2 is 1.76 bits per heavy atom. The van der Waals surface area contributed by atoms with Crippen LogP contribution in [0.2, 0.25) is 0 Å². The van der Waals surface area contributed by atoms with Crippen LogP contribution in [-0.2, 0) is 25.8 Å². The normalized spacial score (nSPS) is 16.9. The van der Waals surface area contributed by atoms with Crippen LogP contribution in [0.4, 0.5) is 0 Å². The highest BCUT2D eigenvalue weighted by atomic mass is 32.2. The number of amides is 2. The molecule has 2 amide bonds. The first-order chi connectivity index (χ1) is 19.5. The van der Waals surface area contributed by atoms with Crippen LogP contribution in [0.3, 0.4) is 0 Å². The van der Waals surface area contributed by atoms with Crippen molar-refractivity contribution in [2.24, 2.45) is 17.8 Å². The van der Waals surface area contributed by atoms with Crippen molar-refractivity contribution in [1.82, 2.24) is 10.6 Å². The van der Waals surface area contributed by atoms with E-state index in [9.17, 15) is 28.2 Å². The first kappa shape index (κ1) is 34.4. The highest BCUT2D eigenvalue weighted by Gasteiger charge is 2.30. The summed E-state index contributed by atoms with van der Waals surface area (Å²) in [6.07, 6.45) is 9.36. The molecule has 1 fully saturated rings. The van der Waals surface area contributed by atoms with E-state index in [1.54, 1.807) is 0 Å². The fourth-order valence-corrected chi connectivity index (χ4v) is 7.36. The van der Waals surface area contributed by atoms with E-state index in [4.69, 9.17) is 6.42 Å². The summed E-state index contributed by atoms with van der Waals surface area (Å²) in [4.78, 5) is 25.5. The van der Waals surface area contributed by atoms with Crippen molar-refractivity contribution < 1.29 is 28.2 Å². The molecule has 2 rings (SSSR count). The quantitative estimate of drug-likeness (QED) is 0.185. The predicted molar refractivity (Wildman–Crippen MR) is 161 cm³/mol. The Balaban J connectivity index is 1.95. The fourth-order valence-electron chi connectivity index (χ4n) is 5.32. The molecule has 0 aliphatic heterocycles. The summed E-state index contributed by atoms with van der Waals surface area (Å²) in [5, 5.41) is 26.4. The summed E-state index contributed by atoms with van der Waals surface area (Å²) in [5.41, 5.74) is 0.876. The van der Waals surface area contributed by atoms with Gasteiger partial charge in [0.25, 0.3) is 5.91 Å². The molecule has 0 spiro atoms. The average molecular weight is 587 g/mol. The molecule has 4 N–H and O–H groups in total. The van der Waals surface area contributed by atoms with Gasteiger partial charge in [0, 0.05) is 19.4 Å². The lowest BCUT2D eigenvalue weighted by atomic mass is 9.83. The number of hydrogen-bond acceptors (Lipinski definition) is 6. The van der Waals surface area contributed by atoms with Crippen LogP contribution in [0.25, 0.3) is 0 Å². The molecule has 0 bridgehead atoms. The Morgan fingerprint density at radius 3 is 2.39 bits per heavy atom. The molecule has 4 atom stereocenters. The Hall–Kier alpha value is -2.85. The van der Waals surface area contributed by atoms with Crippen LogP contribution < -0.4 is 10.6 Å². The van der Waals surface area contributed by atoms with E-state index >= 15 is 0 Å². The van der Waals surface area contributed by atoms with Gasteiger partial charge < -0.3 is 20.8 Å². The van der Waals surface area contributed by atoms with Gasteiger partial charge in [0.05, 0.1) is 29.6 Å². The molecule has 0 unspecified atom stereocenters. The van der Waals surface area contributed by atoms with Crippen LogP contribution in [-0.4, -0.2) is 66.7 Å². The summed E-state index contributed by atoms with van der Waals surface area (Å²) >= 11 is 0. The zero-order valence-corrected chi connectivity index (χ0v) is 25.2. The van der Waals surface area contributed by atoms with E-state index in [1.165, 1.54) is 6.42 Å². The molecule has 1 aromatic rings. The molecule has 0 saturated heterocycles. The standard InChI is InChI=1S/C32H46N2O6S/c1-4-13-29(35)31(37)28(21-26-16-9-6-10-17-26)34-30(36)18-11-12-19-33-32(38)27(20-25-14-7-5-8-15-25)23-41(39,40)22-24(2)3/h1,5,7-8,14-15,24,26-29,31,35,37H,6,9-10,12-13,16-17,19-23H2,2-3H3,(H,33,38)(H,34,36)/t27-,28+,29-,31+/m0/s1. The topological polar surface area (TPSA) is 133 Å². The van der Waals surface area contributed by atoms with Crippen LogP contribution in [0.15, 0.2) is 30.3 Å². The SMILES string of the molecule is C#CC[C@H](O)[C@H](O)[C@@H](CC1CCCCC1)NC(=O)C#CCCNC(=O)[C@@H](Cc1ccccc1)CS(=O)(=O)CC(C)C. The lowest BCUT2D eigenvalue weighted by Crippen LogP contribution is -2.49. The second-order valence-corrected chi connectivity index (χ2v) is 13.6. The maximum absolute atomic E-state index is 13.0. The van der Waals surface area contributed by atoms with Gasteiger partial charge in [-0.1, -0.05) is 82.2 Å². The van der Waals surface area contributed by atoms with Crippen LogP contribution in [0.5, 0.6) is 0 Å². The number of benzene rings is 1. The zero-order valence-electron chi connectivity index (χ0n) is 24.3. The second-order valence-electron chi connectivity index (χ2n) is 11.5. The molecule has 226 valence electrons. The number of hydrogen-bond donors (Lipinski definition) is 4. The Kier molecular flexibility index (Phi) is 15.0. The number of nitrogens with one attached hydrogen (secondary N) is 2. The number of carbonyl (C=O) groups is 2. The summed E-state index contributed by atoms with van der Waals surface area (Å²) in [6.45, 7) is 3.82. The van der Waals surface area contributed by atoms with Crippen LogP contribution >= 0.6 is 0 Å². The van der Waals surface area contributed by atoms with Gasteiger partial charge in [-0.25, -0.2) is 8.42 Å². The molecule has 41 heavy (non-hydrogen) atoms. The number of aliphatic hydroxyl groups is 2. The van der Waals surface area contributed by atoms with Gasteiger partial charge in [-0.05, 0) is 36.2 Å². The van der Waals surface area contributed by atoms with Gasteiger partial charge >= 0.3 is 0 Å². The monoisotopic (exact) mass is 586 g/mol. The fraction of sp³-hybridized carbons (Fsp3) is 0.625. The van der Waals surface area contributed by atoms with E-state index in [0.717, 1.165) is 31.2 Å². The Labute approximate surface area is 246 Å². The van der Waals surface area contributed by atoms with E-state index in [0.29, 0.717) is 18.8 Å². The molecule has 0 heterocycles. The predicted octanol–water partition coefficient (Wildman–Crippen LogP) is 2.63. The molecule has 9 heteroatoms.